The summed E-state index contributed by atoms with van der Waals surface area (Å²) in [4.78, 5) is 35.6. The second-order valence-corrected chi connectivity index (χ2v) is 9.92. The molecule has 39 heavy (non-hydrogen) atoms. The van der Waals surface area contributed by atoms with Gasteiger partial charge in [0.15, 0.2) is 17.4 Å². The number of nitrogens with zero attached hydrogens (tertiary/aromatic N) is 4. The number of nitrogen functional groups attached to an aromatic ring is 1. The second kappa shape index (κ2) is 12.6. The highest BCUT2D eigenvalue weighted by Crippen LogP contribution is 2.45. The van der Waals surface area contributed by atoms with Gasteiger partial charge in [-0.25, -0.2) is 19.5 Å². The predicted molar refractivity (Wildman–Crippen MR) is 132 cm³/mol. The quantitative estimate of drug-likeness (QED) is 0.134. The zero-order valence-corrected chi connectivity index (χ0v) is 22.2. The van der Waals surface area contributed by atoms with Crippen LogP contribution in [0.1, 0.15) is 20.1 Å². The number of halogens is 1. The van der Waals surface area contributed by atoms with Crippen molar-refractivity contribution in [2.45, 2.75) is 38.0 Å². The Morgan fingerprint density at radius 2 is 1.90 bits per heavy atom. The molecule has 1 aliphatic rings. The fraction of sp³-hybridized carbons (Fsp3) is 0.571. The number of aliphatic hydroxyl groups excluding tert-OH is 1. The first kappa shape index (κ1) is 30.2. The molecule has 16 nitrogen and oxygen atoms in total. The number of aliphatic hydroxyl groups is 1. The van der Waals surface area contributed by atoms with Crippen molar-refractivity contribution in [2.24, 2.45) is 0 Å². The van der Waals surface area contributed by atoms with Gasteiger partial charge in [-0.15, -0.1) is 6.42 Å². The van der Waals surface area contributed by atoms with Crippen molar-refractivity contribution < 1.29 is 47.1 Å². The molecule has 0 aromatic carbocycles. The summed E-state index contributed by atoms with van der Waals surface area (Å²) in [5.74, 6) is 0.201. The van der Waals surface area contributed by atoms with Crippen LogP contribution < -0.4 is 20.6 Å². The Hall–Kier alpha value is -3.39. The molecule has 1 fully saturated rings. The lowest BCUT2D eigenvalue weighted by Crippen LogP contribution is -2.42. The van der Waals surface area contributed by atoms with Gasteiger partial charge in [-0.3, -0.25) is 18.7 Å². The van der Waals surface area contributed by atoms with E-state index in [0.717, 1.165) is 10.9 Å². The normalized spacial score (nSPS) is 22.9. The molecular formula is C21H29FN7O9P. The first-order valence-electron chi connectivity index (χ1n) is 11.6. The van der Waals surface area contributed by atoms with Crippen LogP contribution in [0.4, 0.5) is 10.3 Å². The molecule has 0 aliphatic carbocycles. The molecular weight excluding hydrogens is 544 g/mol. The lowest BCUT2D eigenvalue weighted by Gasteiger charge is -2.24. The number of carbonyl (C=O) groups excluding carboxylic acids is 2. The van der Waals surface area contributed by atoms with Crippen LogP contribution in [0, 0.1) is 12.3 Å². The number of fused-ring (bicyclic) bond motifs is 1. The van der Waals surface area contributed by atoms with Crippen molar-refractivity contribution >= 4 is 36.7 Å². The zero-order chi connectivity index (χ0) is 28.8. The number of ether oxygens (including phenoxy) is 4. The average molecular weight is 573 g/mol. The summed E-state index contributed by atoms with van der Waals surface area (Å²) >= 11 is 0. The Morgan fingerprint density at radius 1 is 1.28 bits per heavy atom. The lowest BCUT2D eigenvalue weighted by molar-refractivity contribution is -0.142. The number of hydrogen-bond acceptors (Lipinski definition) is 13. The minimum absolute atomic E-state index is 0.00766. The molecule has 3 heterocycles. The number of nitrogens with one attached hydrogen (secondary N) is 2. The molecule has 0 radical (unpaired) electrons. The molecule has 1 unspecified atom stereocenters. The SMILES string of the molecule is C#C[C@]1(F)C(O)[C@@H](COP(=O)(NCC(=O)OCC)NCC(=O)OCC)O[C@H]1n1cnc2c(OC)nc(N)nc21. The Balaban J connectivity index is 1.83. The number of alkyl halides is 1. The third kappa shape index (κ3) is 6.61. The summed E-state index contributed by atoms with van der Waals surface area (Å²) in [6.07, 6.45) is 1.47. The van der Waals surface area contributed by atoms with Gasteiger partial charge in [0.1, 0.15) is 25.3 Å². The molecule has 214 valence electrons. The Kier molecular flexibility index (Phi) is 9.78. The number of imidazole rings is 1. The monoisotopic (exact) mass is 573 g/mol. The topological polar surface area (TPSA) is 211 Å². The van der Waals surface area contributed by atoms with E-state index < -0.39 is 63.4 Å². The van der Waals surface area contributed by atoms with Gasteiger partial charge < -0.3 is 34.3 Å². The maximum absolute atomic E-state index is 16.0. The fourth-order valence-electron chi connectivity index (χ4n) is 3.62. The van der Waals surface area contributed by atoms with E-state index in [0.29, 0.717) is 0 Å². The van der Waals surface area contributed by atoms with Crippen LogP contribution in [0.15, 0.2) is 6.33 Å². The Labute approximate surface area is 222 Å². The summed E-state index contributed by atoms with van der Waals surface area (Å²) < 4.78 is 56.2. The smallest absolute Gasteiger partial charge is 0.341 e. The van der Waals surface area contributed by atoms with E-state index in [9.17, 15) is 19.3 Å². The highest BCUT2D eigenvalue weighted by atomic mass is 31.2. The molecule has 0 spiro atoms. The highest BCUT2D eigenvalue weighted by Gasteiger charge is 2.58. The molecule has 5 N–H and O–H groups in total. The highest BCUT2D eigenvalue weighted by molar-refractivity contribution is 7.54. The van der Waals surface area contributed by atoms with Gasteiger partial charge in [-0.2, -0.15) is 9.97 Å². The van der Waals surface area contributed by atoms with Gasteiger partial charge in [0.25, 0.3) is 0 Å². The van der Waals surface area contributed by atoms with Crippen LogP contribution in [0.2, 0.25) is 0 Å². The Bertz CT molecular complexity index is 1260. The maximum Gasteiger partial charge on any atom is 0.341 e. The first-order chi connectivity index (χ1) is 18.5. The van der Waals surface area contributed by atoms with Crippen LogP contribution in [-0.2, 0) is 32.9 Å². The Morgan fingerprint density at radius 3 is 2.44 bits per heavy atom. The second-order valence-electron chi connectivity index (χ2n) is 7.93. The molecule has 1 aliphatic heterocycles. The molecule has 18 heteroatoms. The summed E-state index contributed by atoms with van der Waals surface area (Å²) in [5.41, 5.74) is 3.02. The van der Waals surface area contributed by atoms with Crippen LogP contribution in [-0.4, -0.2) is 94.5 Å². The number of hydrogen-bond donors (Lipinski definition) is 4. The number of esters is 2. The van der Waals surface area contributed by atoms with Crippen LogP contribution in [0.5, 0.6) is 5.88 Å². The van der Waals surface area contributed by atoms with Crippen LogP contribution in [0.25, 0.3) is 11.2 Å². The molecule has 0 bridgehead atoms. The van der Waals surface area contributed by atoms with Crippen molar-refractivity contribution in [1.29, 1.82) is 0 Å². The maximum atomic E-state index is 16.0. The summed E-state index contributed by atoms with van der Waals surface area (Å²) in [5, 5.41) is 15.4. The van der Waals surface area contributed by atoms with Crippen molar-refractivity contribution in [1.82, 2.24) is 29.7 Å². The largest absolute Gasteiger partial charge is 0.479 e. The average Bonchev–Trinajstić information content (AvgIpc) is 3.43. The summed E-state index contributed by atoms with van der Waals surface area (Å²) in [7, 11) is -2.85. The van der Waals surface area contributed by atoms with Gasteiger partial charge >= 0.3 is 19.6 Å². The number of rotatable bonds is 13. The van der Waals surface area contributed by atoms with Crippen molar-refractivity contribution in [3.8, 4) is 18.2 Å². The van der Waals surface area contributed by atoms with Gasteiger partial charge in [0, 0.05) is 0 Å². The molecule has 2 aromatic rings. The van der Waals surface area contributed by atoms with E-state index in [-0.39, 0.29) is 36.2 Å². The van der Waals surface area contributed by atoms with Gasteiger partial charge in [0.2, 0.25) is 17.5 Å². The lowest BCUT2D eigenvalue weighted by atomic mass is 9.97. The molecule has 1 saturated heterocycles. The third-order valence-electron chi connectivity index (χ3n) is 5.41. The van der Waals surface area contributed by atoms with Crippen LogP contribution >= 0.6 is 7.67 Å². The van der Waals surface area contributed by atoms with E-state index in [2.05, 4.69) is 25.1 Å². The van der Waals surface area contributed by atoms with E-state index in [1.54, 1.807) is 13.8 Å². The standard InChI is InChI=1S/C21H29FN7O9P/c1-5-21(22)16(32)12(38-19(21)29-11-24-15-17(29)27-20(23)28-18(15)34-4)10-37-39(33,25-8-13(30)35-6-2)26-9-14(31)36-7-3/h1,11-12,16,19,32H,6-10H2,2-4H3,(H2,23,27,28)(H2,25,26,33)/t12-,16?,19-,21+/m1/s1. The van der Waals surface area contributed by atoms with E-state index in [4.69, 9.17) is 35.6 Å². The minimum atomic E-state index is -4.18. The van der Waals surface area contributed by atoms with Gasteiger partial charge in [-0.1, -0.05) is 5.92 Å². The molecule has 0 amide bonds. The fourth-order valence-corrected chi connectivity index (χ4v) is 4.94. The number of anilines is 1. The summed E-state index contributed by atoms with van der Waals surface area (Å²) in [6, 6.07) is 0. The molecule has 4 atom stereocenters. The molecule has 0 saturated carbocycles. The zero-order valence-electron chi connectivity index (χ0n) is 21.3. The van der Waals surface area contributed by atoms with E-state index in [1.807, 2.05) is 5.92 Å². The van der Waals surface area contributed by atoms with Crippen molar-refractivity contribution in [3.63, 3.8) is 0 Å². The van der Waals surface area contributed by atoms with E-state index in [1.165, 1.54) is 7.11 Å². The number of terminal acetylenes is 1. The third-order valence-corrected chi connectivity index (χ3v) is 7.08. The number of aromatic nitrogens is 4. The van der Waals surface area contributed by atoms with E-state index >= 15 is 4.39 Å². The molecule has 2 aromatic heterocycles. The summed E-state index contributed by atoms with van der Waals surface area (Å²) in [6.45, 7) is 1.50. The van der Waals surface area contributed by atoms with Crippen molar-refractivity contribution in [2.75, 3.05) is 45.8 Å². The van der Waals surface area contributed by atoms with Crippen molar-refractivity contribution in [3.05, 3.63) is 6.33 Å². The number of carbonyl (C=O) groups is 2. The van der Waals surface area contributed by atoms with Gasteiger partial charge in [0.05, 0.1) is 33.3 Å². The van der Waals surface area contributed by atoms with Gasteiger partial charge in [-0.05, 0) is 13.8 Å². The van der Waals surface area contributed by atoms with Crippen LogP contribution in [0.3, 0.4) is 0 Å². The minimum Gasteiger partial charge on any atom is -0.479 e. The first-order valence-corrected chi connectivity index (χ1v) is 13.2. The molecule has 3 rings (SSSR count). The number of nitrogens with two attached hydrogens (primary N) is 1. The predicted octanol–water partition coefficient (Wildman–Crippen LogP) is -0.553. The number of methoxy groups -OCH3 is 1.